The molecule has 0 aliphatic carbocycles. The van der Waals surface area contributed by atoms with Crippen LogP contribution in [0.4, 0.5) is 0 Å². The zero-order valence-electron chi connectivity index (χ0n) is 13.0. The Bertz CT molecular complexity index is 738. The molecule has 0 saturated carbocycles. The van der Waals surface area contributed by atoms with E-state index in [0.29, 0.717) is 12.1 Å². The van der Waals surface area contributed by atoms with Crippen molar-refractivity contribution in [2.75, 3.05) is 6.54 Å². The molecule has 1 aromatic carbocycles. The van der Waals surface area contributed by atoms with E-state index in [2.05, 4.69) is 5.10 Å². The van der Waals surface area contributed by atoms with E-state index in [9.17, 15) is 9.59 Å². The third-order valence-electron chi connectivity index (χ3n) is 4.23. The molecule has 3 rings (SSSR count). The summed E-state index contributed by atoms with van der Waals surface area (Å²) in [5.41, 5.74) is 1.57. The third kappa shape index (κ3) is 3.11. The lowest BCUT2D eigenvalue weighted by Gasteiger charge is -2.35. The molecule has 23 heavy (non-hydrogen) atoms. The zero-order valence-corrected chi connectivity index (χ0v) is 13.0. The number of hydrogen-bond acceptors (Lipinski definition) is 3. The molecule has 6 nitrogen and oxygen atoms in total. The summed E-state index contributed by atoms with van der Waals surface area (Å²) in [5.74, 6) is -1.15. The van der Waals surface area contributed by atoms with Crippen molar-refractivity contribution in [1.82, 2.24) is 14.7 Å². The number of carboxylic acids is 1. The predicted octanol–water partition coefficient (Wildman–Crippen LogP) is 2.49. The highest BCUT2D eigenvalue weighted by molar-refractivity contribution is 5.97. The van der Waals surface area contributed by atoms with Crippen LogP contribution in [-0.2, 0) is 7.05 Å². The number of piperidine rings is 1. The number of aromatic nitrogens is 2. The number of rotatable bonds is 3. The van der Waals surface area contributed by atoms with E-state index in [4.69, 9.17) is 5.11 Å². The fourth-order valence-electron chi connectivity index (χ4n) is 3.08. The quantitative estimate of drug-likeness (QED) is 0.944. The average Bonchev–Trinajstić information content (AvgIpc) is 3.00. The van der Waals surface area contributed by atoms with Crippen molar-refractivity contribution in [2.45, 2.75) is 25.3 Å². The second-order valence-electron chi connectivity index (χ2n) is 5.84. The highest BCUT2D eigenvalue weighted by Gasteiger charge is 2.29. The fraction of sp³-hybridized carbons (Fsp3) is 0.353. The summed E-state index contributed by atoms with van der Waals surface area (Å²) in [6.45, 7) is 0.676. The van der Waals surface area contributed by atoms with Crippen LogP contribution in [0.15, 0.2) is 36.7 Å². The Morgan fingerprint density at radius 2 is 2.04 bits per heavy atom. The summed E-state index contributed by atoms with van der Waals surface area (Å²) in [6, 6.07) is 6.22. The Hall–Kier alpha value is -2.63. The molecule has 2 heterocycles. The van der Waals surface area contributed by atoms with E-state index in [1.807, 2.05) is 18.1 Å². The van der Waals surface area contributed by atoms with E-state index in [1.54, 1.807) is 23.0 Å². The minimum Gasteiger partial charge on any atom is -0.478 e. The fourth-order valence-corrected chi connectivity index (χ4v) is 3.08. The van der Waals surface area contributed by atoms with Crippen LogP contribution in [0.3, 0.4) is 0 Å². The van der Waals surface area contributed by atoms with Gasteiger partial charge in [-0.1, -0.05) is 6.07 Å². The van der Waals surface area contributed by atoms with Crippen LogP contribution in [-0.4, -0.2) is 38.2 Å². The van der Waals surface area contributed by atoms with Gasteiger partial charge in [-0.25, -0.2) is 4.79 Å². The van der Waals surface area contributed by atoms with Gasteiger partial charge in [0.2, 0.25) is 0 Å². The molecule has 6 heteroatoms. The van der Waals surface area contributed by atoms with E-state index in [-0.39, 0.29) is 17.5 Å². The van der Waals surface area contributed by atoms with Crippen molar-refractivity contribution in [1.29, 1.82) is 0 Å². The normalized spacial score (nSPS) is 18.0. The molecular formula is C17H19N3O3. The Balaban J connectivity index is 1.89. The van der Waals surface area contributed by atoms with Gasteiger partial charge in [-0.05, 0) is 37.5 Å². The number of aryl methyl sites for hydroxylation is 1. The molecule has 1 aliphatic rings. The minimum atomic E-state index is -1.03. The van der Waals surface area contributed by atoms with Gasteiger partial charge >= 0.3 is 5.97 Å². The smallest absolute Gasteiger partial charge is 0.335 e. The number of nitrogens with zero attached hydrogens (tertiary/aromatic N) is 3. The number of carbonyl (C=O) groups excluding carboxylic acids is 1. The summed E-state index contributed by atoms with van der Waals surface area (Å²) < 4.78 is 1.73. The average molecular weight is 313 g/mol. The van der Waals surface area contributed by atoms with E-state index in [1.165, 1.54) is 12.1 Å². The first-order chi connectivity index (χ1) is 11.1. The molecule has 1 atom stereocenters. The molecule has 1 N–H and O–H groups in total. The van der Waals surface area contributed by atoms with Gasteiger partial charge in [-0.2, -0.15) is 5.10 Å². The summed E-state index contributed by atoms with van der Waals surface area (Å²) in [7, 11) is 1.86. The Morgan fingerprint density at radius 1 is 1.26 bits per heavy atom. The second kappa shape index (κ2) is 6.24. The number of amides is 1. The standard InChI is InChI=1S/C17H19N3O3/c1-19-11-14(10-18-19)15-7-2-3-8-20(15)16(21)12-5-4-6-13(9-12)17(22)23/h4-6,9-11,15H,2-3,7-8H2,1H3,(H,22,23). The molecule has 120 valence electrons. The highest BCUT2D eigenvalue weighted by atomic mass is 16.4. The zero-order chi connectivity index (χ0) is 16.4. The van der Waals surface area contributed by atoms with Crippen LogP contribution in [0.5, 0.6) is 0 Å². The van der Waals surface area contributed by atoms with Crippen molar-refractivity contribution < 1.29 is 14.7 Å². The second-order valence-corrected chi connectivity index (χ2v) is 5.84. The number of benzene rings is 1. The maximum absolute atomic E-state index is 12.9. The van der Waals surface area contributed by atoms with Crippen molar-refractivity contribution in [3.05, 3.63) is 53.3 Å². The van der Waals surface area contributed by atoms with Gasteiger partial charge in [0.05, 0.1) is 17.8 Å². The first kappa shape index (κ1) is 15.3. The van der Waals surface area contributed by atoms with Gasteiger partial charge in [0, 0.05) is 30.9 Å². The predicted molar refractivity (Wildman–Crippen MR) is 84.2 cm³/mol. The van der Waals surface area contributed by atoms with Crippen LogP contribution in [0.1, 0.15) is 51.6 Å². The largest absolute Gasteiger partial charge is 0.478 e. The number of likely N-dealkylation sites (tertiary alicyclic amines) is 1. The van der Waals surface area contributed by atoms with Gasteiger partial charge in [0.1, 0.15) is 0 Å². The van der Waals surface area contributed by atoms with Gasteiger partial charge in [-0.3, -0.25) is 9.48 Å². The maximum Gasteiger partial charge on any atom is 0.335 e. The topological polar surface area (TPSA) is 75.4 Å². The molecule has 0 spiro atoms. The van der Waals surface area contributed by atoms with Gasteiger partial charge < -0.3 is 10.0 Å². The molecule has 1 unspecified atom stereocenters. The number of carbonyl (C=O) groups is 2. The van der Waals surface area contributed by atoms with Crippen LogP contribution < -0.4 is 0 Å². The Morgan fingerprint density at radius 3 is 2.74 bits per heavy atom. The molecule has 1 saturated heterocycles. The lowest BCUT2D eigenvalue weighted by atomic mass is 9.96. The SMILES string of the molecule is Cn1cc(C2CCCCN2C(=O)c2cccc(C(=O)O)c2)cn1. The van der Waals surface area contributed by atoms with E-state index < -0.39 is 5.97 Å². The first-order valence-corrected chi connectivity index (χ1v) is 7.69. The molecule has 2 aromatic rings. The van der Waals surface area contributed by atoms with Gasteiger partial charge in [0.15, 0.2) is 0 Å². The summed E-state index contributed by atoms with van der Waals surface area (Å²) in [6.07, 6.45) is 6.66. The van der Waals surface area contributed by atoms with Crippen molar-refractivity contribution in [3.63, 3.8) is 0 Å². The number of carboxylic acid groups (broad SMARTS) is 1. The molecular weight excluding hydrogens is 294 g/mol. The summed E-state index contributed by atoms with van der Waals surface area (Å²) >= 11 is 0. The minimum absolute atomic E-state index is 0.00145. The van der Waals surface area contributed by atoms with Crippen LogP contribution in [0.25, 0.3) is 0 Å². The first-order valence-electron chi connectivity index (χ1n) is 7.69. The van der Waals surface area contributed by atoms with Crippen LogP contribution >= 0.6 is 0 Å². The monoisotopic (exact) mass is 313 g/mol. The molecule has 0 radical (unpaired) electrons. The molecule has 1 aliphatic heterocycles. The lowest BCUT2D eigenvalue weighted by molar-refractivity contribution is 0.0611. The molecule has 0 bridgehead atoms. The van der Waals surface area contributed by atoms with E-state index >= 15 is 0 Å². The van der Waals surface area contributed by atoms with Crippen molar-refractivity contribution in [2.24, 2.45) is 7.05 Å². The third-order valence-corrected chi connectivity index (χ3v) is 4.23. The summed E-state index contributed by atoms with van der Waals surface area (Å²) in [5, 5.41) is 13.3. The van der Waals surface area contributed by atoms with Crippen molar-refractivity contribution in [3.8, 4) is 0 Å². The highest BCUT2D eigenvalue weighted by Crippen LogP contribution is 2.31. The number of hydrogen-bond donors (Lipinski definition) is 1. The van der Waals surface area contributed by atoms with Crippen LogP contribution in [0.2, 0.25) is 0 Å². The maximum atomic E-state index is 12.9. The van der Waals surface area contributed by atoms with Crippen LogP contribution in [0, 0.1) is 0 Å². The lowest BCUT2D eigenvalue weighted by Crippen LogP contribution is -2.38. The van der Waals surface area contributed by atoms with E-state index in [0.717, 1.165) is 24.8 Å². The molecule has 1 amide bonds. The van der Waals surface area contributed by atoms with Gasteiger partial charge in [0.25, 0.3) is 5.91 Å². The molecule has 1 aromatic heterocycles. The molecule has 1 fully saturated rings. The number of aromatic carboxylic acids is 1. The Labute approximate surface area is 134 Å². The van der Waals surface area contributed by atoms with Crippen molar-refractivity contribution >= 4 is 11.9 Å². The van der Waals surface area contributed by atoms with Gasteiger partial charge in [-0.15, -0.1) is 0 Å². The Kier molecular flexibility index (Phi) is 4.14. The summed E-state index contributed by atoms with van der Waals surface area (Å²) in [4.78, 5) is 25.8.